The lowest BCUT2D eigenvalue weighted by Crippen LogP contribution is -2.39. The summed E-state index contributed by atoms with van der Waals surface area (Å²) in [6, 6.07) is 1.39. The van der Waals surface area contributed by atoms with Gasteiger partial charge >= 0.3 is 0 Å². The van der Waals surface area contributed by atoms with E-state index < -0.39 is 5.82 Å². The molecule has 0 aliphatic carbocycles. The van der Waals surface area contributed by atoms with Crippen molar-refractivity contribution < 1.29 is 9.18 Å². The van der Waals surface area contributed by atoms with E-state index in [9.17, 15) is 9.18 Å². The molecule has 0 saturated carbocycles. The number of nitrogens with one attached hydrogen (secondary N) is 1. The van der Waals surface area contributed by atoms with E-state index in [2.05, 4.69) is 17.3 Å². The monoisotopic (exact) mass is 252 g/mol. The van der Waals surface area contributed by atoms with Gasteiger partial charge in [-0.05, 0) is 24.8 Å². The van der Waals surface area contributed by atoms with Gasteiger partial charge < -0.3 is 10.3 Å². The number of carbonyl (C=O) groups is 1. The number of nitrogens with two attached hydrogens (primary N) is 1. The van der Waals surface area contributed by atoms with Crippen LogP contribution in [0.15, 0.2) is 12.3 Å². The van der Waals surface area contributed by atoms with Gasteiger partial charge in [0.15, 0.2) is 11.6 Å². The van der Waals surface area contributed by atoms with Crippen molar-refractivity contribution >= 4 is 11.7 Å². The number of rotatable bonds is 2. The van der Waals surface area contributed by atoms with Gasteiger partial charge in [0.25, 0.3) is 5.91 Å². The highest BCUT2D eigenvalue weighted by atomic mass is 19.1. The number of amides is 1. The molecule has 0 bridgehead atoms. The maximum Gasteiger partial charge on any atom is 0.257 e. The first-order valence-electron chi connectivity index (χ1n) is 6.04. The van der Waals surface area contributed by atoms with Crippen molar-refractivity contribution in [2.24, 2.45) is 11.8 Å². The van der Waals surface area contributed by atoms with Gasteiger partial charge in [0.05, 0.1) is 5.56 Å². The predicted octanol–water partition coefficient (Wildman–Crippen LogP) is 1.38. The molecule has 0 spiro atoms. The van der Waals surface area contributed by atoms with Gasteiger partial charge in [0.2, 0.25) is 0 Å². The van der Waals surface area contributed by atoms with Gasteiger partial charge in [-0.15, -0.1) is 0 Å². The fraction of sp³-hybridized carbons (Fsp3) is 0.500. The Hall–Kier alpha value is -1.69. The maximum absolute atomic E-state index is 13.9. The van der Waals surface area contributed by atoms with Crippen LogP contribution in [0.5, 0.6) is 0 Å². The first kappa shape index (κ1) is 12.8. The number of aromatic nitrogens is 1. The summed E-state index contributed by atoms with van der Waals surface area (Å²) in [6.45, 7) is 3.44. The maximum atomic E-state index is 13.9. The molecule has 1 aliphatic heterocycles. The molecule has 3 N–H and O–H groups in total. The fourth-order valence-electron chi connectivity index (χ4n) is 2.25. The molecule has 1 aromatic heterocycles. The summed E-state index contributed by atoms with van der Waals surface area (Å²) in [4.78, 5) is 17.6. The SMILES string of the molecule is CC1CCCN(C(=O)c2ccnc(NN)c2F)C1. The number of piperidine rings is 1. The minimum absolute atomic E-state index is 0.0204. The lowest BCUT2D eigenvalue weighted by Gasteiger charge is -2.31. The molecule has 18 heavy (non-hydrogen) atoms. The van der Waals surface area contributed by atoms with E-state index in [4.69, 9.17) is 5.84 Å². The van der Waals surface area contributed by atoms with Crippen molar-refractivity contribution in [3.8, 4) is 0 Å². The molecule has 1 amide bonds. The number of nitrogen functional groups attached to an aromatic ring is 1. The van der Waals surface area contributed by atoms with Crippen molar-refractivity contribution in [2.75, 3.05) is 18.5 Å². The van der Waals surface area contributed by atoms with Crippen LogP contribution in [-0.4, -0.2) is 28.9 Å². The van der Waals surface area contributed by atoms with E-state index in [-0.39, 0.29) is 17.3 Å². The second kappa shape index (κ2) is 5.30. The summed E-state index contributed by atoms with van der Waals surface area (Å²) in [5, 5.41) is 0. The standard InChI is InChI=1S/C12H17FN4O/c1-8-3-2-6-17(7-8)12(18)9-4-5-15-11(16-14)10(9)13/h4-5,8H,2-3,6-7,14H2,1H3,(H,15,16). The summed E-state index contributed by atoms with van der Waals surface area (Å²) in [7, 11) is 0. The molecule has 1 saturated heterocycles. The molecule has 1 unspecified atom stereocenters. The molecular weight excluding hydrogens is 235 g/mol. The van der Waals surface area contributed by atoms with Gasteiger partial charge in [-0.2, -0.15) is 0 Å². The Bertz CT molecular complexity index is 452. The molecule has 1 aromatic rings. The first-order valence-corrected chi connectivity index (χ1v) is 6.04. The van der Waals surface area contributed by atoms with Crippen LogP contribution in [0.1, 0.15) is 30.1 Å². The summed E-state index contributed by atoms with van der Waals surface area (Å²) in [5.74, 6) is 4.51. The number of halogens is 1. The molecule has 5 nitrogen and oxygen atoms in total. The fourth-order valence-corrected chi connectivity index (χ4v) is 2.25. The summed E-state index contributed by atoms with van der Waals surface area (Å²) >= 11 is 0. The number of pyridine rings is 1. The van der Waals surface area contributed by atoms with Crippen LogP contribution in [0.4, 0.5) is 10.2 Å². The van der Waals surface area contributed by atoms with Crippen LogP contribution in [0.2, 0.25) is 0 Å². The van der Waals surface area contributed by atoms with E-state index in [1.165, 1.54) is 12.3 Å². The van der Waals surface area contributed by atoms with E-state index in [1.54, 1.807) is 4.90 Å². The average molecular weight is 252 g/mol. The Morgan fingerprint density at radius 3 is 3.11 bits per heavy atom. The zero-order valence-corrected chi connectivity index (χ0v) is 10.3. The van der Waals surface area contributed by atoms with E-state index in [0.717, 1.165) is 12.8 Å². The van der Waals surface area contributed by atoms with Crippen LogP contribution in [0.3, 0.4) is 0 Å². The second-order valence-corrected chi connectivity index (χ2v) is 4.66. The molecule has 1 fully saturated rings. The van der Waals surface area contributed by atoms with Crippen LogP contribution < -0.4 is 11.3 Å². The number of anilines is 1. The van der Waals surface area contributed by atoms with Crippen molar-refractivity contribution in [1.82, 2.24) is 9.88 Å². The molecule has 98 valence electrons. The topological polar surface area (TPSA) is 71.2 Å². The third-order valence-corrected chi connectivity index (χ3v) is 3.20. The zero-order chi connectivity index (χ0) is 13.1. The van der Waals surface area contributed by atoms with Gasteiger partial charge in [-0.3, -0.25) is 4.79 Å². The highest BCUT2D eigenvalue weighted by Crippen LogP contribution is 2.20. The summed E-state index contributed by atoms with van der Waals surface area (Å²) in [6.07, 6.45) is 3.44. The van der Waals surface area contributed by atoms with Crippen LogP contribution in [0, 0.1) is 11.7 Å². The van der Waals surface area contributed by atoms with Crippen LogP contribution >= 0.6 is 0 Å². The van der Waals surface area contributed by atoms with E-state index in [0.29, 0.717) is 19.0 Å². The molecule has 2 heterocycles. The van der Waals surface area contributed by atoms with Gasteiger partial charge in [0, 0.05) is 19.3 Å². The third-order valence-electron chi connectivity index (χ3n) is 3.20. The normalized spacial score (nSPS) is 19.7. The average Bonchev–Trinajstić information content (AvgIpc) is 2.38. The molecular formula is C12H17FN4O. The van der Waals surface area contributed by atoms with Crippen molar-refractivity contribution in [1.29, 1.82) is 0 Å². The van der Waals surface area contributed by atoms with Gasteiger partial charge in [0.1, 0.15) is 0 Å². The number of nitrogens with zero attached hydrogens (tertiary/aromatic N) is 2. The Kier molecular flexibility index (Phi) is 3.76. The predicted molar refractivity (Wildman–Crippen MR) is 66.3 cm³/mol. The summed E-state index contributed by atoms with van der Waals surface area (Å²) < 4.78 is 13.9. The van der Waals surface area contributed by atoms with Crippen LogP contribution in [-0.2, 0) is 0 Å². The number of hydrazine groups is 1. The summed E-state index contributed by atoms with van der Waals surface area (Å²) in [5.41, 5.74) is 2.17. The van der Waals surface area contributed by atoms with Crippen molar-refractivity contribution in [3.63, 3.8) is 0 Å². The van der Waals surface area contributed by atoms with E-state index >= 15 is 0 Å². The molecule has 2 rings (SSSR count). The lowest BCUT2D eigenvalue weighted by atomic mass is 9.99. The highest BCUT2D eigenvalue weighted by Gasteiger charge is 2.25. The largest absolute Gasteiger partial charge is 0.338 e. The number of hydrogen-bond acceptors (Lipinski definition) is 4. The van der Waals surface area contributed by atoms with Crippen molar-refractivity contribution in [2.45, 2.75) is 19.8 Å². The highest BCUT2D eigenvalue weighted by molar-refractivity contribution is 5.95. The molecule has 1 aliphatic rings. The third kappa shape index (κ3) is 2.43. The van der Waals surface area contributed by atoms with E-state index in [1.807, 2.05) is 0 Å². The Labute approximate surface area is 105 Å². The minimum Gasteiger partial charge on any atom is -0.338 e. The van der Waals surface area contributed by atoms with Crippen molar-refractivity contribution in [3.05, 3.63) is 23.6 Å². The number of hydrogen-bond donors (Lipinski definition) is 2. The molecule has 0 aromatic carbocycles. The molecule has 1 atom stereocenters. The quantitative estimate of drug-likeness (QED) is 0.616. The smallest absolute Gasteiger partial charge is 0.257 e. The lowest BCUT2D eigenvalue weighted by molar-refractivity contribution is 0.0678. The minimum atomic E-state index is -0.691. The Morgan fingerprint density at radius 1 is 1.67 bits per heavy atom. The Balaban J connectivity index is 2.23. The number of carbonyl (C=O) groups excluding carboxylic acids is 1. The molecule has 0 radical (unpaired) electrons. The van der Waals surface area contributed by atoms with Crippen LogP contribution in [0.25, 0.3) is 0 Å². The molecule has 6 heteroatoms. The number of likely N-dealkylation sites (tertiary alicyclic amines) is 1. The zero-order valence-electron chi connectivity index (χ0n) is 10.3. The van der Waals surface area contributed by atoms with Gasteiger partial charge in [-0.25, -0.2) is 15.2 Å². The Morgan fingerprint density at radius 2 is 2.44 bits per heavy atom. The second-order valence-electron chi connectivity index (χ2n) is 4.66. The van der Waals surface area contributed by atoms with Gasteiger partial charge in [-0.1, -0.05) is 6.92 Å². The first-order chi connectivity index (χ1) is 8.63.